The van der Waals surface area contributed by atoms with Crippen LogP contribution in [0.3, 0.4) is 0 Å². The van der Waals surface area contributed by atoms with Gasteiger partial charge in [0.05, 0.1) is 12.8 Å². The van der Waals surface area contributed by atoms with Crippen LogP contribution in [0.5, 0.6) is 0 Å². The molecule has 0 bridgehead atoms. The van der Waals surface area contributed by atoms with Crippen molar-refractivity contribution in [2.45, 2.75) is 6.42 Å². The Balaban J connectivity index is 2.10. The molecule has 2 aromatic rings. The molecule has 0 saturated heterocycles. The van der Waals surface area contributed by atoms with E-state index in [1.165, 1.54) is 18.4 Å². The van der Waals surface area contributed by atoms with Gasteiger partial charge >= 0.3 is 5.97 Å². The molecule has 0 unspecified atom stereocenters. The molecule has 2 heterocycles. The summed E-state index contributed by atoms with van der Waals surface area (Å²) in [6.45, 7) is 0.296. The highest BCUT2D eigenvalue weighted by Crippen LogP contribution is 2.25. The van der Waals surface area contributed by atoms with Crippen molar-refractivity contribution in [1.29, 1.82) is 0 Å². The minimum atomic E-state index is -0.442. The zero-order valence-corrected chi connectivity index (χ0v) is 11.6. The van der Waals surface area contributed by atoms with Crippen LogP contribution in [0.15, 0.2) is 17.6 Å². The molecule has 2 rings (SSSR count). The monoisotopic (exact) mass is 294 g/mol. The third-order valence-electron chi connectivity index (χ3n) is 2.51. The number of rotatable bonds is 5. The summed E-state index contributed by atoms with van der Waals surface area (Å²) in [4.78, 5) is 29.8. The summed E-state index contributed by atoms with van der Waals surface area (Å²) < 4.78 is 4.61. The van der Waals surface area contributed by atoms with Gasteiger partial charge in [-0.2, -0.15) is 0 Å². The molecule has 0 saturated carbocycles. The molecule has 0 aromatic carbocycles. The lowest BCUT2D eigenvalue weighted by atomic mass is 10.2. The van der Waals surface area contributed by atoms with E-state index >= 15 is 0 Å². The summed E-state index contributed by atoms with van der Waals surface area (Å²) in [7, 11) is 1.32. The number of nitrogens with one attached hydrogen (secondary N) is 2. The molecule has 20 heavy (non-hydrogen) atoms. The maximum absolute atomic E-state index is 11.4. The normalized spacial score (nSPS) is 10.3. The number of ether oxygens (including phenoxy) is 1. The molecular weight excluding hydrogens is 280 g/mol. The fourth-order valence-electron chi connectivity index (χ4n) is 1.55. The quantitative estimate of drug-likeness (QED) is 0.718. The first-order chi connectivity index (χ1) is 9.63. The van der Waals surface area contributed by atoms with E-state index in [4.69, 9.17) is 5.73 Å². The fraction of sp³-hybridized carbons (Fsp3) is 0.250. The Labute approximate surface area is 119 Å². The number of thiazole rings is 1. The first-order valence-corrected chi connectivity index (χ1v) is 6.74. The SMILES string of the molecule is COC(=O)c1cc(-c2csc(NC(=O)CCN)n2)c[nH]1. The fourth-order valence-corrected chi connectivity index (χ4v) is 2.28. The molecule has 8 heteroatoms. The standard InChI is InChI=1S/C12H14N4O3S/c1-19-11(18)8-4-7(5-14-8)9-6-20-12(15-9)16-10(17)2-3-13/h4-6,14H,2-3,13H2,1H3,(H,15,16,17). The van der Waals surface area contributed by atoms with Crippen LogP contribution in [-0.4, -0.2) is 35.5 Å². The van der Waals surface area contributed by atoms with Crippen LogP contribution in [0, 0.1) is 0 Å². The number of hydrogen-bond acceptors (Lipinski definition) is 6. The maximum Gasteiger partial charge on any atom is 0.354 e. The number of amides is 1. The molecule has 2 aromatic heterocycles. The second-order valence-corrected chi connectivity index (χ2v) is 4.78. The lowest BCUT2D eigenvalue weighted by molar-refractivity contribution is -0.116. The lowest BCUT2D eigenvalue weighted by Crippen LogP contribution is -2.15. The van der Waals surface area contributed by atoms with Crippen LogP contribution < -0.4 is 11.1 Å². The number of hydrogen-bond donors (Lipinski definition) is 3. The molecule has 0 atom stereocenters. The number of nitrogens with two attached hydrogens (primary N) is 1. The number of methoxy groups -OCH3 is 1. The summed E-state index contributed by atoms with van der Waals surface area (Å²) in [5.41, 5.74) is 7.07. The number of aromatic nitrogens is 2. The van der Waals surface area contributed by atoms with E-state index in [0.717, 1.165) is 5.56 Å². The van der Waals surface area contributed by atoms with Gasteiger partial charge in [0.1, 0.15) is 5.69 Å². The molecule has 0 radical (unpaired) electrons. The van der Waals surface area contributed by atoms with Gasteiger partial charge in [-0.1, -0.05) is 0 Å². The number of carbonyl (C=O) groups is 2. The molecular formula is C12H14N4O3S. The Morgan fingerprint density at radius 1 is 1.55 bits per heavy atom. The molecule has 0 spiro atoms. The van der Waals surface area contributed by atoms with Gasteiger partial charge in [0.15, 0.2) is 5.13 Å². The summed E-state index contributed by atoms with van der Waals surface area (Å²) in [6.07, 6.45) is 1.92. The molecule has 106 valence electrons. The maximum atomic E-state index is 11.4. The lowest BCUT2D eigenvalue weighted by Gasteiger charge is -1.98. The van der Waals surface area contributed by atoms with Gasteiger partial charge in [0.2, 0.25) is 5.91 Å². The van der Waals surface area contributed by atoms with Gasteiger partial charge in [-0.05, 0) is 6.07 Å². The van der Waals surface area contributed by atoms with Crippen LogP contribution in [-0.2, 0) is 9.53 Å². The zero-order valence-electron chi connectivity index (χ0n) is 10.8. The number of anilines is 1. The topological polar surface area (TPSA) is 110 Å². The van der Waals surface area contributed by atoms with Crippen molar-refractivity contribution in [1.82, 2.24) is 9.97 Å². The van der Waals surface area contributed by atoms with E-state index in [0.29, 0.717) is 23.1 Å². The third kappa shape index (κ3) is 3.22. The Morgan fingerprint density at radius 2 is 2.35 bits per heavy atom. The second-order valence-electron chi connectivity index (χ2n) is 3.92. The number of esters is 1. The number of H-pyrrole nitrogens is 1. The Kier molecular flexibility index (Phi) is 4.49. The molecule has 1 amide bonds. The molecule has 0 aliphatic carbocycles. The van der Waals surface area contributed by atoms with E-state index in [-0.39, 0.29) is 12.3 Å². The first-order valence-electron chi connectivity index (χ1n) is 5.86. The molecule has 7 nitrogen and oxygen atoms in total. The second kappa shape index (κ2) is 6.31. The van der Waals surface area contributed by atoms with Gasteiger partial charge in [-0.3, -0.25) is 4.79 Å². The highest BCUT2D eigenvalue weighted by molar-refractivity contribution is 7.14. The van der Waals surface area contributed by atoms with Crippen molar-refractivity contribution >= 4 is 28.3 Å². The van der Waals surface area contributed by atoms with Crippen molar-refractivity contribution in [3.63, 3.8) is 0 Å². The van der Waals surface area contributed by atoms with Crippen molar-refractivity contribution in [2.24, 2.45) is 5.73 Å². The van der Waals surface area contributed by atoms with Crippen LogP contribution in [0.4, 0.5) is 5.13 Å². The minimum Gasteiger partial charge on any atom is -0.464 e. The van der Waals surface area contributed by atoms with Crippen LogP contribution in [0.2, 0.25) is 0 Å². The van der Waals surface area contributed by atoms with Gasteiger partial charge < -0.3 is 20.8 Å². The van der Waals surface area contributed by atoms with Crippen LogP contribution in [0.25, 0.3) is 11.3 Å². The Bertz CT molecular complexity index is 620. The van der Waals surface area contributed by atoms with Gasteiger partial charge in [-0.15, -0.1) is 11.3 Å². The third-order valence-corrected chi connectivity index (χ3v) is 3.26. The molecule has 0 aliphatic rings. The van der Waals surface area contributed by atoms with E-state index in [9.17, 15) is 9.59 Å². The molecule has 0 fully saturated rings. The summed E-state index contributed by atoms with van der Waals surface area (Å²) in [5, 5.41) is 4.95. The van der Waals surface area contributed by atoms with E-state index in [1.807, 2.05) is 0 Å². The van der Waals surface area contributed by atoms with Crippen LogP contribution in [0.1, 0.15) is 16.9 Å². The predicted octanol–water partition coefficient (Wildman–Crippen LogP) is 1.21. The highest BCUT2D eigenvalue weighted by Gasteiger charge is 2.12. The van der Waals surface area contributed by atoms with Gasteiger partial charge in [0.25, 0.3) is 0 Å². The predicted molar refractivity (Wildman–Crippen MR) is 75.5 cm³/mol. The van der Waals surface area contributed by atoms with Crippen molar-refractivity contribution in [2.75, 3.05) is 19.0 Å². The van der Waals surface area contributed by atoms with Crippen molar-refractivity contribution in [3.8, 4) is 11.3 Å². The van der Waals surface area contributed by atoms with Gasteiger partial charge in [-0.25, -0.2) is 9.78 Å². The van der Waals surface area contributed by atoms with Crippen molar-refractivity contribution in [3.05, 3.63) is 23.3 Å². The number of nitrogens with zero attached hydrogens (tertiary/aromatic N) is 1. The molecule has 0 aliphatic heterocycles. The zero-order chi connectivity index (χ0) is 14.5. The summed E-state index contributed by atoms with van der Waals surface area (Å²) in [5.74, 6) is -0.610. The minimum absolute atomic E-state index is 0.169. The number of carbonyl (C=O) groups excluding carboxylic acids is 2. The Morgan fingerprint density at radius 3 is 3.05 bits per heavy atom. The van der Waals surface area contributed by atoms with Crippen LogP contribution >= 0.6 is 11.3 Å². The first kappa shape index (κ1) is 14.2. The van der Waals surface area contributed by atoms with E-state index in [2.05, 4.69) is 20.0 Å². The average Bonchev–Trinajstić information content (AvgIpc) is 3.06. The smallest absolute Gasteiger partial charge is 0.354 e. The summed E-state index contributed by atoms with van der Waals surface area (Å²) >= 11 is 1.31. The molecule has 4 N–H and O–H groups in total. The van der Waals surface area contributed by atoms with E-state index < -0.39 is 5.97 Å². The van der Waals surface area contributed by atoms with E-state index in [1.54, 1.807) is 17.6 Å². The largest absolute Gasteiger partial charge is 0.464 e. The average molecular weight is 294 g/mol. The Hall–Kier alpha value is -2.19. The highest BCUT2D eigenvalue weighted by atomic mass is 32.1. The van der Waals surface area contributed by atoms with Crippen molar-refractivity contribution < 1.29 is 14.3 Å². The number of aromatic amines is 1. The summed E-state index contributed by atoms with van der Waals surface area (Å²) in [6, 6.07) is 1.65. The van der Waals surface area contributed by atoms with Gasteiger partial charge in [0, 0.05) is 30.1 Å².